The van der Waals surface area contributed by atoms with Gasteiger partial charge >= 0.3 is 6.18 Å². The number of carbonyl (C=O) groups excluding carboxylic acids is 2. The van der Waals surface area contributed by atoms with Crippen molar-refractivity contribution in [2.24, 2.45) is 0 Å². The molecule has 0 spiro atoms. The normalized spacial score (nSPS) is 11.5. The first-order valence-electron chi connectivity index (χ1n) is 9.23. The fourth-order valence-corrected chi connectivity index (χ4v) is 3.58. The second-order valence-electron chi connectivity index (χ2n) is 6.88. The fourth-order valence-electron chi connectivity index (χ4n) is 3.29. The Balaban J connectivity index is 1.75. The van der Waals surface area contributed by atoms with Crippen molar-refractivity contribution in [3.05, 3.63) is 94.2 Å². The minimum Gasteiger partial charge on any atom is -0.318 e. The highest BCUT2D eigenvalue weighted by Crippen LogP contribution is 2.34. The zero-order chi connectivity index (χ0) is 23.0. The summed E-state index contributed by atoms with van der Waals surface area (Å²) in [4.78, 5) is 25.9. The van der Waals surface area contributed by atoms with Crippen LogP contribution in [0.2, 0.25) is 10.0 Å². The molecule has 9 heteroatoms. The lowest BCUT2D eigenvalue weighted by Crippen LogP contribution is -2.25. The second kappa shape index (κ2) is 8.33. The summed E-state index contributed by atoms with van der Waals surface area (Å²) in [7, 11) is 0. The molecule has 0 aliphatic rings. The molecular formula is C23H13Cl2F3N2O2. The number of amides is 1. The molecule has 0 aliphatic carbocycles. The summed E-state index contributed by atoms with van der Waals surface area (Å²) in [5.41, 5.74) is 0.525. The minimum atomic E-state index is -4.63. The number of alkyl halides is 3. The molecule has 4 aromatic rings. The maximum atomic E-state index is 13.2. The smallest absolute Gasteiger partial charge is 0.318 e. The van der Waals surface area contributed by atoms with Crippen molar-refractivity contribution in [2.45, 2.75) is 6.18 Å². The Bertz CT molecular complexity index is 1350. The topological polar surface area (TPSA) is 50.6 Å². The van der Waals surface area contributed by atoms with E-state index < -0.39 is 23.4 Å². The summed E-state index contributed by atoms with van der Waals surface area (Å²) in [6, 6.07) is 16.2. The Morgan fingerprint density at radius 1 is 0.906 bits per heavy atom. The number of ketones is 1. The van der Waals surface area contributed by atoms with Crippen LogP contribution >= 0.6 is 23.2 Å². The van der Waals surface area contributed by atoms with Gasteiger partial charge in [-0.25, -0.2) is 0 Å². The van der Waals surface area contributed by atoms with E-state index in [1.54, 1.807) is 59.1 Å². The molecule has 4 rings (SSSR count). The predicted molar refractivity (Wildman–Crippen MR) is 117 cm³/mol. The van der Waals surface area contributed by atoms with Gasteiger partial charge in [-0.2, -0.15) is 13.2 Å². The number of benzene rings is 2. The molecule has 0 bridgehead atoms. The molecule has 0 saturated carbocycles. The lowest BCUT2D eigenvalue weighted by atomic mass is 10.0. The van der Waals surface area contributed by atoms with E-state index in [-0.39, 0.29) is 16.4 Å². The van der Waals surface area contributed by atoms with Crippen molar-refractivity contribution in [2.75, 3.05) is 5.32 Å². The van der Waals surface area contributed by atoms with Crippen molar-refractivity contribution >= 4 is 46.1 Å². The number of Topliss-reactive ketones (excluding diaryl/α,β-unsaturated/α-hetero) is 1. The maximum absolute atomic E-state index is 13.2. The van der Waals surface area contributed by atoms with E-state index in [9.17, 15) is 22.8 Å². The summed E-state index contributed by atoms with van der Waals surface area (Å²) in [6.45, 7) is 0. The number of hydrogen-bond donors (Lipinski definition) is 1. The van der Waals surface area contributed by atoms with Gasteiger partial charge in [0.05, 0.1) is 16.3 Å². The first-order valence-corrected chi connectivity index (χ1v) is 9.99. The Morgan fingerprint density at radius 2 is 1.62 bits per heavy atom. The van der Waals surface area contributed by atoms with Gasteiger partial charge in [-0.3, -0.25) is 9.59 Å². The summed E-state index contributed by atoms with van der Waals surface area (Å²) in [5.74, 6) is -2.06. The predicted octanol–water partition coefficient (Wildman–Crippen LogP) is 6.75. The van der Waals surface area contributed by atoms with Gasteiger partial charge in [0.1, 0.15) is 5.69 Å². The van der Waals surface area contributed by atoms with E-state index in [1.807, 2.05) is 0 Å². The summed E-state index contributed by atoms with van der Waals surface area (Å²) >= 11 is 11.9. The van der Waals surface area contributed by atoms with Crippen LogP contribution in [0.15, 0.2) is 72.9 Å². The molecule has 162 valence electrons. The quantitative estimate of drug-likeness (QED) is 0.261. The van der Waals surface area contributed by atoms with Crippen LogP contribution < -0.4 is 5.32 Å². The van der Waals surface area contributed by atoms with Gasteiger partial charge in [-0.15, -0.1) is 0 Å². The highest BCUT2D eigenvalue weighted by Gasteiger charge is 2.32. The molecule has 0 fully saturated rings. The largest absolute Gasteiger partial charge is 0.416 e. The van der Waals surface area contributed by atoms with Crippen LogP contribution in [0.1, 0.15) is 16.1 Å². The second-order valence-corrected chi connectivity index (χ2v) is 7.73. The standard InChI is InChI=1S/C23H13Cl2F3N2O2/c24-15-7-4-13(5-8-15)17-12-16-3-1-2-10-30(16)20(17)21(31)22(32)29-19-11-14(23(26,27)28)6-9-18(19)25/h1-12H,(H,29,32). The molecule has 2 aromatic carbocycles. The number of carbonyl (C=O) groups is 2. The van der Waals surface area contributed by atoms with Gasteiger partial charge in [0.25, 0.3) is 11.7 Å². The highest BCUT2D eigenvalue weighted by molar-refractivity contribution is 6.48. The summed E-state index contributed by atoms with van der Waals surface area (Å²) in [5, 5.41) is 2.58. The number of anilines is 1. The molecule has 2 aromatic heterocycles. The zero-order valence-electron chi connectivity index (χ0n) is 16.1. The van der Waals surface area contributed by atoms with Crippen LogP contribution in [-0.2, 0) is 11.0 Å². The van der Waals surface area contributed by atoms with E-state index in [4.69, 9.17) is 23.2 Å². The van der Waals surface area contributed by atoms with Crippen LogP contribution in [0.5, 0.6) is 0 Å². The maximum Gasteiger partial charge on any atom is 0.416 e. The Labute approximate surface area is 190 Å². The third-order valence-electron chi connectivity index (χ3n) is 4.80. The average Bonchev–Trinajstić information content (AvgIpc) is 3.14. The number of pyridine rings is 1. The minimum absolute atomic E-state index is 0.0588. The van der Waals surface area contributed by atoms with Crippen molar-refractivity contribution in [3.8, 4) is 11.1 Å². The van der Waals surface area contributed by atoms with E-state index in [0.29, 0.717) is 27.7 Å². The third-order valence-corrected chi connectivity index (χ3v) is 5.38. The van der Waals surface area contributed by atoms with Gasteiger partial charge in [0, 0.05) is 22.3 Å². The lowest BCUT2D eigenvalue weighted by Gasteiger charge is -2.12. The van der Waals surface area contributed by atoms with Crippen LogP contribution in [-0.4, -0.2) is 16.1 Å². The monoisotopic (exact) mass is 476 g/mol. The molecule has 0 unspecified atom stereocenters. The molecule has 4 nitrogen and oxygen atoms in total. The van der Waals surface area contributed by atoms with E-state index in [0.717, 1.165) is 12.1 Å². The summed E-state index contributed by atoms with van der Waals surface area (Å²) < 4.78 is 40.6. The molecule has 32 heavy (non-hydrogen) atoms. The number of halogens is 5. The van der Waals surface area contributed by atoms with Gasteiger partial charge in [0.2, 0.25) is 0 Å². The van der Waals surface area contributed by atoms with Gasteiger partial charge in [0.15, 0.2) is 0 Å². The molecule has 1 amide bonds. The molecule has 0 atom stereocenters. The summed E-state index contributed by atoms with van der Waals surface area (Å²) in [6.07, 6.45) is -3.01. The zero-order valence-corrected chi connectivity index (χ0v) is 17.6. The fraction of sp³-hybridized carbons (Fsp3) is 0.0435. The average molecular weight is 477 g/mol. The highest BCUT2D eigenvalue weighted by atomic mass is 35.5. The first-order chi connectivity index (χ1) is 15.1. The van der Waals surface area contributed by atoms with Crippen molar-refractivity contribution < 1.29 is 22.8 Å². The molecule has 1 N–H and O–H groups in total. The van der Waals surface area contributed by atoms with Crippen LogP contribution in [0.25, 0.3) is 16.6 Å². The lowest BCUT2D eigenvalue weighted by molar-refractivity contribution is -0.137. The molecular weight excluding hydrogens is 464 g/mol. The van der Waals surface area contributed by atoms with Crippen molar-refractivity contribution in [1.29, 1.82) is 0 Å². The van der Waals surface area contributed by atoms with Crippen LogP contribution in [0, 0.1) is 0 Å². The van der Waals surface area contributed by atoms with Crippen molar-refractivity contribution in [3.63, 3.8) is 0 Å². The number of fused-ring (bicyclic) bond motifs is 1. The Morgan fingerprint density at radius 3 is 2.31 bits per heavy atom. The van der Waals surface area contributed by atoms with Gasteiger partial charge < -0.3 is 9.72 Å². The Kier molecular flexibility index (Phi) is 5.71. The number of nitrogens with one attached hydrogen (secondary N) is 1. The molecule has 2 heterocycles. The number of aromatic nitrogens is 1. The number of nitrogens with zero attached hydrogens (tertiary/aromatic N) is 1. The molecule has 0 radical (unpaired) electrons. The molecule has 0 aliphatic heterocycles. The van der Waals surface area contributed by atoms with Crippen LogP contribution in [0.4, 0.5) is 18.9 Å². The third kappa shape index (κ3) is 4.22. The van der Waals surface area contributed by atoms with Crippen molar-refractivity contribution in [1.82, 2.24) is 4.40 Å². The first kappa shape index (κ1) is 21.9. The SMILES string of the molecule is O=C(Nc1cc(C(F)(F)F)ccc1Cl)C(=O)c1c(-c2ccc(Cl)cc2)cc2ccccn12. The number of rotatable bonds is 4. The van der Waals surface area contributed by atoms with Gasteiger partial charge in [-0.05, 0) is 54.1 Å². The number of hydrogen-bond acceptors (Lipinski definition) is 2. The van der Waals surface area contributed by atoms with E-state index >= 15 is 0 Å². The van der Waals surface area contributed by atoms with E-state index in [1.165, 1.54) is 0 Å². The van der Waals surface area contributed by atoms with E-state index in [2.05, 4.69) is 5.32 Å². The molecule has 0 saturated heterocycles. The van der Waals surface area contributed by atoms with Gasteiger partial charge in [-0.1, -0.05) is 41.4 Å². The van der Waals surface area contributed by atoms with Crippen LogP contribution in [0.3, 0.4) is 0 Å². The Hall–Kier alpha value is -3.29.